The highest BCUT2D eigenvalue weighted by atomic mass is 16.5. The Morgan fingerprint density at radius 2 is 2.20 bits per heavy atom. The zero-order valence-electron chi connectivity index (χ0n) is 11.8. The van der Waals surface area contributed by atoms with Crippen molar-refractivity contribution >= 4 is 11.8 Å². The fourth-order valence-corrected chi connectivity index (χ4v) is 1.94. The summed E-state index contributed by atoms with van der Waals surface area (Å²) in [4.78, 5) is 15.9. The first-order chi connectivity index (χ1) is 9.58. The number of rotatable bonds is 5. The third-order valence-electron chi connectivity index (χ3n) is 3.00. The van der Waals surface area contributed by atoms with Crippen LogP contribution in [0.4, 0.5) is 5.82 Å². The third-order valence-corrected chi connectivity index (χ3v) is 3.00. The molecule has 2 aromatic rings. The van der Waals surface area contributed by atoms with E-state index >= 15 is 0 Å². The lowest BCUT2D eigenvalue weighted by molar-refractivity contribution is 0.0521. The van der Waals surface area contributed by atoms with Gasteiger partial charge in [-0.2, -0.15) is 0 Å². The maximum absolute atomic E-state index is 11.7. The topological polar surface area (TPSA) is 101 Å². The van der Waals surface area contributed by atoms with Crippen molar-refractivity contribution in [3.8, 4) is 0 Å². The standard InChI is InChI=1S/C12H18N6O2/c1-4-17-7-14-16-9(17)6-18-8(3)15-10(11(18)13)12(19)20-5-2/h7H,4-6,13H2,1-3H3. The van der Waals surface area contributed by atoms with Crippen LogP contribution in [-0.2, 0) is 17.8 Å². The van der Waals surface area contributed by atoms with Crippen molar-refractivity contribution in [3.05, 3.63) is 23.7 Å². The zero-order valence-corrected chi connectivity index (χ0v) is 11.8. The second kappa shape index (κ2) is 5.72. The first-order valence-electron chi connectivity index (χ1n) is 6.44. The molecule has 20 heavy (non-hydrogen) atoms. The normalized spacial score (nSPS) is 10.8. The lowest BCUT2D eigenvalue weighted by Crippen LogP contribution is -2.13. The molecule has 0 fully saturated rings. The number of hydrogen-bond donors (Lipinski definition) is 1. The molecule has 0 amide bonds. The molecule has 0 saturated carbocycles. The van der Waals surface area contributed by atoms with E-state index in [1.54, 1.807) is 24.7 Å². The van der Waals surface area contributed by atoms with Gasteiger partial charge in [-0.05, 0) is 20.8 Å². The van der Waals surface area contributed by atoms with Crippen molar-refractivity contribution < 1.29 is 9.53 Å². The average molecular weight is 278 g/mol. The second-order valence-corrected chi connectivity index (χ2v) is 4.23. The van der Waals surface area contributed by atoms with Crippen LogP contribution < -0.4 is 5.73 Å². The highest BCUT2D eigenvalue weighted by Gasteiger charge is 2.20. The molecular weight excluding hydrogens is 260 g/mol. The minimum Gasteiger partial charge on any atom is -0.461 e. The number of nitrogens with zero attached hydrogens (tertiary/aromatic N) is 5. The molecule has 8 nitrogen and oxygen atoms in total. The van der Waals surface area contributed by atoms with Crippen LogP contribution in [-0.4, -0.2) is 36.9 Å². The van der Waals surface area contributed by atoms with E-state index < -0.39 is 5.97 Å². The quantitative estimate of drug-likeness (QED) is 0.804. The van der Waals surface area contributed by atoms with E-state index in [1.807, 2.05) is 11.5 Å². The molecule has 2 aromatic heterocycles. The van der Waals surface area contributed by atoms with Crippen LogP contribution in [0.3, 0.4) is 0 Å². The van der Waals surface area contributed by atoms with E-state index in [-0.39, 0.29) is 18.1 Å². The third kappa shape index (κ3) is 2.49. The first-order valence-corrected chi connectivity index (χ1v) is 6.44. The first kappa shape index (κ1) is 14.0. The van der Waals surface area contributed by atoms with Gasteiger partial charge in [-0.3, -0.25) is 0 Å². The number of anilines is 1. The Balaban J connectivity index is 2.31. The number of ether oxygens (including phenoxy) is 1. The molecule has 108 valence electrons. The second-order valence-electron chi connectivity index (χ2n) is 4.23. The minimum absolute atomic E-state index is 0.145. The summed E-state index contributed by atoms with van der Waals surface area (Å²) in [6.07, 6.45) is 1.66. The molecule has 0 spiro atoms. The Morgan fingerprint density at radius 3 is 2.85 bits per heavy atom. The average Bonchev–Trinajstić information content (AvgIpc) is 2.98. The van der Waals surface area contributed by atoms with Crippen molar-refractivity contribution in [1.82, 2.24) is 24.3 Å². The number of esters is 1. The lowest BCUT2D eigenvalue weighted by Gasteiger charge is -2.08. The van der Waals surface area contributed by atoms with Gasteiger partial charge in [-0.15, -0.1) is 10.2 Å². The number of aromatic nitrogens is 5. The number of nitrogens with two attached hydrogens (primary N) is 1. The van der Waals surface area contributed by atoms with E-state index in [0.717, 1.165) is 12.4 Å². The van der Waals surface area contributed by atoms with Gasteiger partial charge in [0.1, 0.15) is 18.0 Å². The van der Waals surface area contributed by atoms with Gasteiger partial charge in [-0.25, -0.2) is 9.78 Å². The Hall–Kier alpha value is -2.38. The number of hydrogen-bond acceptors (Lipinski definition) is 6. The summed E-state index contributed by atoms with van der Waals surface area (Å²) in [5, 5.41) is 7.91. The molecule has 2 N–H and O–H groups in total. The van der Waals surface area contributed by atoms with Crippen molar-refractivity contribution in [2.75, 3.05) is 12.3 Å². The smallest absolute Gasteiger partial charge is 0.360 e. The van der Waals surface area contributed by atoms with Crippen LogP contribution in [0, 0.1) is 6.92 Å². The highest BCUT2D eigenvalue weighted by Crippen LogP contribution is 2.16. The largest absolute Gasteiger partial charge is 0.461 e. The van der Waals surface area contributed by atoms with E-state index in [9.17, 15) is 4.79 Å². The van der Waals surface area contributed by atoms with Gasteiger partial charge >= 0.3 is 5.97 Å². The van der Waals surface area contributed by atoms with Gasteiger partial charge in [0.2, 0.25) is 0 Å². The Labute approximate surface area is 116 Å². The molecule has 0 aliphatic heterocycles. The molecule has 0 bridgehead atoms. The van der Waals surface area contributed by atoms with Crippen LogP contribution in [0.2, 0.25) is 0 Å². The molecule has 2 heterocycles. The van der Waals surface area contributed by atoms with Gasteiger partial charge in [0.25, 0.3) is 0 Å². The summed E-state index contributed by atoms with van der Waals surface area (Å²) >= 11 is 0. The summed E-state index contributed by atoms with van der Waals surface area (Å²) in [6.45, 7) is 6.99. The predicted molar refractivity (Wildman–Crippen MR) is 72.1 cm³/mol. The predicted octanol–water partition coefficient (Wildman–Crippen LogP) is 0.610. The van der Waals surface area contributed by atoms with Crippen LogP contribution >= 0.6 is 0 Å². The molecule has 0 atom stereocenters. The van der Waals surface area contributed by atoms with E-state index in [4.69, 9.17) is 10.5 Å². The zero-order chi connectivity index (χ0) is 14.7. The van der Waals surface area contributed by atoms with Crippen LogP contribution in [0.5, 0.6) is 0 Å². The summed E-state index contributed by atoms with van der Waals surface area (Å²) in [7, 11) is 0. The molecule has 0 radical (unpaired) electrons. The van der Waals surface area contributed by atoms with Gasteiger partial charge in [-0.1, -0.05) is 0 Å². The van der Waals surface area contributed by atoms with Gasteiger partial charge < -0.3 is 19.6 Å². The maximum atomic E-state index is 11.7. The Bertz CT molecular complexity index is 615. The number of aryl methyl sites for hydroxylation is 2. The number of carbonyl (C=O) groups excluding carboxylic acids is 1. The van der Waals surface area contributed by atoms with Crippen LogP contribution in [0.1, 0.15) is 36.0 Å². The fourth-order valence-electron chi connectivity index (χ4n) is 1.94. The summed E-state index contributed by atoms with van der Waals surface area (Å²) < 4.78 is 8.56. The maximum Gasteiger partial charge on any atom is 0.360 e. The van der Waals surface area contributed by atoms with Crippen molar-refractivity contribution in [2.24, 2.45) is 0 Å². The molecule has 2 rings (SSSR count). The monoisotopic (exact) mass is 278 g/mol. The SMILES string of the molecule is CCOC(=O)c1nc(C)n(Cc2nncn2CC)c1N. The minimum atomic E-state index is -0.510. The van der Waals surface area contributed by atoms with Crippen LogP contribution in [0.15, 0.2) is 6.33 Å². The molecule has 8 heteroatoms. The van der Waals surface area contributed by atoms with Gasteiger partial charge in [0.15, 0.2) is 11.5 Å². The van der Waals surface area contributed by atoms with Crippen molar-refractivity contribution in [3.63, 3.8) is 0 Å². The fraction of sp³-hybridized carbons (Fsp3) is 0.500. The van der Waals surface area contributed by atoms with E-state index in [0.29, 0.717) is 12.4 Å². The molecule has 0 aliphatic rings. The van der Waals surface area contributed by atoms with Crippen LogP contribution in [0.25, 0.3) is 0 Å². The molecular formula is C12H18N6O2. The Morgan fingerprint density at radius 1 is 1.45 bits per heavy atom. The lowest BCUT2D eigenvalue weighted by atomic mass is 10.4. The van der Waals surface area contributed by atoms with E-state index in [2.05, 4.69) is 15.2 Å². The van der Waals surface area contributed by atoms with Gasteiger partial charge in [0.05, 0.1) is 13.2 Å². The van der Waals surface area contributed by atoms with Crippen molar-refractivity contribution in [2.45, 2.75) is 33.9 Å². The number of imidazole rings is 1. The number of carbonyl (C=O) groups is 1. The molecule has 0 aromatic carbocycles. The summed E-state index contributed by atoms with van der Waals surface area (Å²) in [5.74, 6) is 1.17. The summed E-state index contributed by atoms with van der Waals surface area (Å²) in [5.41, 5.74) is 6.13. The van der Waals surface area contributed by atoms with Gasteiger partial charge in [0, 0.05) is 6.54 Å². The highest BCUT2D eigenvalue weighted by molar-refractivity contribution is 5.92. The summed E-state index contributed by atoms with van der Waals surface area (Å²) in [6, 6.07) is 0. The molecule has 0 unspecified atom stereocenters. The molecule has 0 saturated heterocycles. The van der Waals surface area contributed by atoms with Crippen molar-refractivity contribution in [1.29, 1.82) is 0 Å². The number of nitrogen functional groups attached to an aromatic ring is 1. The molecule has 0 aliphatic carbocycles. The Kier molecular flexibility index (Phi) is 4.02. The van der Waals surface area contributed by atoms with E-state index in [1.165, 1.54) is 0 Å².